The number of pyridine rings is 1. The van der Waals surface area contributed by atoms with Crippen LogP contribution >= 0.6 is 0 Å². The molecule has 0 aromatic carbocycles. The number of hydrogen-bond acceptors (Lipinski definition) is 5. The highest BCUT2D eigenvalue weighted by Gasteiger charge is 2.28. The molecule has 4 aromatic rings. The van der Waals surface area contributed by atoms with Crippen LogP contribution < -0.4 is 11.1 Å². The molecule has 152 valence electrons. The lowest BCUT2D eigenvalue weighted by molar-refractivity contribution is 0.0703. The van der Waals surface area contributed by atoms with E-state index in [1.807, 2.05) is 6.07 Å². The number of aryl methyl sites for hydroxylation is 1. The van der Waals surface area contributed by atoms with E-state index in [0.717, 1.165) is 18.5 Å². The predicted molar refractivity (Wildman–Crippen MR) is 110 cm³/mol. The van der Waals surface area contributed by atoms with E-state index in [1.165, 1.54) is 21.2 Å². The average Bonchev–Trinajstić information content (AvgIpc) is 3.18. The number of carbonyl (C=O) groups is 1. The lowest BCUT2D eigenvalue weighted by atomic mass is 9.94. The number of nitrogens with one attached hydrogen (secondary N) is 1. The molecule has 1 amide bonds. The van der Waals surface area contributed by atoms with Crippen LogP contribution in [0.25, 0.3) is 11.3 Å². The summed E-state index contributed by atoms with van der Waals surface area (Å²) in [6.07, 6.45) is 4.64. The Kier molecular flexibility index (Phi) is 4.23. The maximum atomic E-state index is 13.1. The molecule has 0 aliphatic carbocycles. The number of rotatable bonds is 2. The maximum absolute atomic E-state index is 13.1. The Morgan fingerprint density at radius 3 is 2.93 bits per heavy atom. The second-order valence-electron chi connectivity index (χ2n) is 7.64. The van der Waals surface area contributed by atoms with Gasteiger partial charge in [0.15, 0.2) is 5.65 Å². The van der Waals surface area contributed by atoms with Gasteiger partial charge in [-0.15, -0.1) is 0 Å². The molecule has 0 spiro atoms. The number of H-pyrrole nitrogens is 1. The number of fused-ring (bicyclic) bond motifs is 2. The number of piperidine rings is 1. The number of nitrogens with zero attached hydrogens (tertiary/aromatic N) is 5. The van der Waals surface area contributed by atoms with Gasteiger partial charge in [0.1, 0.15) is 11.2 Å². The van der Waals surface area contributed by atoms with Crippen LogP contribution in [0.3, 0.4) is 0 Å². The maximum Gasteiger partial charge on any atom is 0.272 e. The third-order valence-electron chi connectivity index (χ3n) is 5.59. The van der Waals surface area contributed by atoms with Crippen molar-refractivity contribution in [3.05, 3.63) is 80.4 Å². The summed E-state index contributed by atoms with van der Waals surface area (Å²) in [7, 11) is 0. The van der Waals surface area contributed by atoms with Gasteiger partial charge in [-0.3, -0.25) is 23.9 Å². The molecule has 0 saturated carbocycles. The molecule has 9 heteroatoms. The van der Waals surface area contributed by atoms with Crippen molar-refractivity contribution in [1.82, 2.24) is 28.9 Å². The second-order valence-corrected chi connectivity index (χ2v) is 7.64. The van der Waals surface area contributed by atoms with Crippen LogP contribution in [0.15, 0.2) is 52.3 Å². The number of aromatic amines is 1. The molecule has 1 fully saturated rings. The average molecular weight is 404 g/mol. The van der Waals surface area contributed by atoms with Crippen molar-refractivity contribution in [3.8, 4) is 0 Å². The van der Waals surface area contributed by atoms with Crippen LogP contribution in [-0.4, -0.2) is 47.9 Å². The van der Waals surface area contributed by atoms with Crippen LogP contribution in [0.5, 0.6) is 0 Å². The molecule has 1 unspecified atom stereocenters. The van der Waals surface area contributed by atoms with Gasteiger partial charge in [-0.05, 0) is 31.9 Å². The van der Waals surface area contributed by atoms with Gasteiger partial charge in [-0.1, -0.05) is 6.07 Å². The predicted octanol–water partition coefficient (Wildman–Crippen LogP) is 1.36. The third-order valence-corrected chi connectivity index (χ3v) is 5.59. The number of carbonyl (C=O) groups excluding carboxylic acids is 1. The van der Waals surface area contributed by atoms with E-state index >= 15 is 0 Å². The van der Waals surface area contributed by atoms with Crippen LogP contribution in [0, 0.1) is 6.92 Å². The van der Waals surface area contributed by atoms with E-state index in [9.17, 15) is 14.4 Å². The van der Waals surface area contributed by atoms with Crippen molar-refractivity contribution in [3.63, 3.8) is 0 Å². The van der Waals surface area contributed by atoms with Crippen molar-refractivity contribution in [1.29, 1.82) is 0 Å². The van der Waals surface area contributed by atoms with Gasteiger partial charge in [0.25, 0.3) is 17.0 Å². The lowest BCUT2D eigenvalue weighted by Gasteiger charge is -2.32. The summed E-state index contributed by atoms with van der Waals surface area (Å²) >= 11 is 0. The van der Waals surface area contributed by atoms with Crippen molar-refractivity contribution in [2.24, 2.45) is 0 Å². The van der Waals surface area contributed by atoms with Crippen LogP contribution in [0.2, 0.25) is 0 Å². The summed E-state index contributed by atoms with van der Waals surface area (Å²) < 4.78 is 2.80. The van der Waals surface area contributed by atoms with Gasteiger partial charge in [0.2, 0.25) is 0 Å². The van der Waals surface area contributed by atoms with Gasteiger partial charge in [0.05, 0.1) is 0 Å². The molecule has 0 bridgehead atoms. The molecule has 5 heterocycles. The highest BCUT2D eigenvalue weighted by atomic mass is 16.2. The van der Waals surface area contributed by atoms with Gasteiger partial charge in [0, 0.05) is 54.9 Å². The van der Waals surface area contributed by atoms with Gasteiger partial charge in [-0.25, -0.2) is 14.5 Å². The summed E-state index contributed by atoms with van der Waals surface area (Å²) in [5.41, 5.74) is 2.11. The van der Waals surface area contributed by atoms with Crippen molar-refractivity contribution < 1.29 is 4.79 Å². The quantitative estimate of drug-likeness (QED) is 0.543. The molecule has 1 N–H and O–H groups in total. The van der Waals surface area contributed by atoms with E-state index in [1.54, 1.807) is 36.2 Å². The lowest BCUT2D eigenvalue weighted by Crippen LogP contribution is -2.41. The smallest absolute Gasteiger partial charge is 0.272 e. The van der Waals surface area contributed by atoms with Crippen molar-refractivity contribution >= 4 is 17.2 Å². The molecule has 1 atom stereocenters. The summed E-state index contributed by atoms with van der Waals surface area (Å²) in [4.78, 5) is 48.4. The van der Waals surface area contributed by atoms with E-state index in [4.69, 9.17) is 0 Å². The zero-order chi connectivity index (χ0) is 20.8. The van der Waals surface area contributed by atoms with Crippen LogP contribution in [-0.2, 0) is 0 Å². The fraction of sp³-hybridized carbons (Fsp3) is 0.286. The number of likely N-dealkylation sites (tertiary alicyclic amines) is 1. The minimum Gasteiger partial charge on any atom is -0.338 e. The number of amides is 1. The zero-order valence-corrected chi connectivity index (χ0v) is 16.4. The fourth-order valence-corrected chi connectivity index (χ4v) is 4.10. The Balaban J connectivity index is 1.45. The van der Waals surface area contributed by atoms with E-state index in [0.29, 0.717) is 30.1 Å². The molecule has 1 saturated heterocycles. The van der Waals surface area contributed by atoms with E-state index in [2.05, 4.69) is 15.1 Å². The minimum absolute atomic E-state index is 0.0280. The summed E-state index contributed by atoms with van der Waals surface area (Å²) in [5, 5.41) is 3.12. The molecule has 9 nitrogen and oxygen atoms in total. The summed E-state index contributed by atoms with van der Waals surface area (Å²) in [6, 6.07) is 8.58. The first-order valence-corrected chi connectivity index (χ1v) is 9.86. The minimum atomic E-state index is -0.371. The largest absolute Gasteiger partial charge is 0.338 e. The number of hydrogen-bond donors (Lipinski definition) is 1. The standard InChI is InChI=1S/C21H20N6O3/c1-13-9-19(28)27-18(23-13)10-16(24-27)14-5-4-7-25(12-14)20(29)15-11-22-17-6-2-3-8-26(17)21(15)30/h2-3,6,8-11,14,24H,4-5,7,12H2,1H3. The monoisotopic (exact) mass is 404 g/mol. The van der Waals surface area contributed by atoms with Gasteiger partial charge >= 0.3 is 0 Å². The zero-order valence-electron chi connectivity index (χ0n) is 16.4. The highest BCUT2D eigenvalue weighted by molar-refractivity contribution is 5.93. The molecule has 1 aliphatic rings. The Hall–Kier alpha value is -3.75. The first-order valence-electron chi connectivity index (χ1n) is 9.86. The Morgan fingerprint density at radius 2 is 2.07 bits per heavy atom. The highest BCUT2D eigenvalue weighted by Crippen LogP contribution is 2.27. The second kappa shape index (κ2) is 6.94. The first-order chi connectivity index (χ1) is 14.5. The van der Waals surface area contributed by atoms with E-state index in [-0.39, 0.29) is 28.5 Å². The van der Waals surface area contributed by atoms with Gasteiger partial charge < -0.3 is 4.90 Å². The normalized spacial score (nSPS) is 17.0. The third kappa shape index (κ3) is 2.99. The summed E-state index contributed by atoms with van der Waals surface area (Å²) in [6.45, 7) is 2.81. The Morgan fingerprint density at radius 1 is 1.20 bits per heavy atom. The Bertz CT molecular complexity index is 1400. The molecule has 30 heavy (non-hydrogen) atoms. The fourth-order valence-electron chi connectivity index (χ4n) is 4.10. The molecule has 4 aromatic heterocycles. The van der Waals surface area contributed by atoms with E-state index < -0.39 is 0 Å². The molecular weight excluding hydrogens is 384 g/mol. The molecular formula is C21H20N6O3. The van der Waals surface area contributed by atoms with Gasteiger partial charge in [-0.2, -0.15) is 0 Å². The van der Waals surface area contributed by atoms with Crippen molar-refractivity contribution in [2.75, 3.05) is 13.1 Å². The van der Waals surface area contributed by atoms with Crippen LogP contribution in [0.1, 0.15) is 40.5 Å². The van der Waals surface area contributed by atoms with Crippen molar-refractivity contribution in [2.45, 2.75) is 25.7 Å². The molecule has 1 aliphatic heterocycles. The topological polar surface area (TPSA) is 105 Å². The summed E-state index contributed by atoms with van der Waals surface area (Å²) in [5.74, 6) is -0.294. The van der Waals surface area contributed by atoms with Crippen LogP contribution in [0.4, 0.5) is 0 Å². The Labute approximate surface area is 170 Å². The first kappa shape index (κ1) is 18.3. The number of aromatic nitrogens is 5. The molecule has 0 radical (unpaired) electrons. The SMILES string of the molecule is Cc1cc(=O)n2[nH]c(C3CCCN(C(=O)c4cnc5ccccn5c4=O)C3)cc2n1. The molecule has 5 rings (SSSR count).